The maximum Gasteiger partial charge on any atom is 0.416 e. The molecular weight excluding hydrogens is 579 g/mol. The predicted octanol–water partition coefficient (Wildman–Crippen LogP) is 7.27. The van der Waals surface area contributed by atoms with Crippen LogP contribution in [-0.2, 0) is 18.2 Å². The first-order chi connectivity index (χ1) is 20.4. The Bertz CT molecular complexity index is 1560. The number of hydrogen-bond donors (Lipinski definition) is 1. The topological polar surface area (TPSA) is 79.3 Å². The first-order valence-corrected chi connectivity index (χ1v) is 14.3. The summed E-state index contributed by atoms with van der Waals surface area (Å²) in [5, 5.41) is 3.78. The predicted molar refractivity (Wildman–Crippen MR) is 162 cm³/mol. The number of hydrogen-bond acceptors (Lipinski definition) is 8. The fraction of sp³-hybridized carbons (Fsp3) is 0.355. The van der Waals surface area contributed by atoms with Gasteiger partial charge in [-0.15, -0.1) is 0 Å². The zero-order chi connectivity index (χ0) is 30.8. The monoisotopic (exact) mass is 611 g/mol. The number of ether oxygens (including phenoxy) is 1. The molecular formula is C31H33ClF3N7O. The molecule has 43 heavy (non-hydrogen) atoms. The Kier molecular flexibility index (Phi) is 8.64. The number of piperazine rings is 1. The van der Waals surface area contributed by atoms with Gasteiger partial charge in [-0.1, -0.05) is 62.7 Å². The quantitative estimate of drug-likeness (QED) is 0.234. The average Bonchev–Trinajstić information content (AvgIpc) is 2.96. The molecule has 0 spiro atoms. The lowest BCUT2D eigenvalue weighted by Crippen LogP contribution is -2.53. The van der Waals surface area contributed by atoms with E-state index in [0.29, 0.717) is 36.4 Å². The van der Waals surface area contributed by atoms with E-state index in [4.69, 9.17) is 16.3 Å². The van der Waals surface area contributed by atoms with Crippen LogP contribution in [0.1, 0.15) is 44.4 Å². The van der Waals surface area contributed by atoms with Crippen LogP contribution in [0.2, 0.25) is 5.02 Å². The zero-order valence-electron chi connectivity index (χ0n) is 24.4. The number of anilines is 4. The van der Waals surface area contributed by atoms with Crippen LogP contribution in [0.15, 0.2) is 66.9 Å². The van der Waals surface area contributed by atoms with Gasteiger partial charge in [0.25, 0.3) is 0 Å². The second-order valence-corrected chi connectivity index (χ2v) is 11.8. The second-order valence-electron chi connectivity index (χ2n) is 11.4. The SMILES string of the molecule is CC1CN(c2ncccc2Cl)CCN1c1nc(Nc2ccc(C(C)(C)C)cc2)nc(OCc2ccccc2C(F)(F)F)n1. The number of alkyl halides is 3. The number of nitrogens with one attached hydrogen (secondary N) is 1. The molecule has 0 aliphatic carbocycles. The van der Waals surface area contributed by atoms with Gasteiger partial charge in [0.2, 0.25) is 11.9 Å². The molecule has 8 nitrogen and oxygen atoms in total. The maximum atomic E-state index is 13.6. The minimum atomic E-state index is -4.51. The highest BCUT2D eigenvalue weighted by Crippen LogP contribution is 2.33. The van der Waals surface area contributed by atoms with E-state index in [1.807, 2.05) is 36.1 Å². The number of nitrogens with zero attached hydrogens (tertiary/aromatic N) is 6. The van der Waals surface area contributed by atoms with Crippen molar-refractivity contribution in [1.29, 1.82) is 0 Å². The van der Waals surface area contributed by atoms with E-state index in [1.165, 1.54) is 23.8 Å². The zero-order valence-corrected chi connectivity index (χ0v) is 25.1. The van der Waals surface area contributed by atoms with Crippen molar-refractivity contribution in [3.05, 3.63) is 88.6 Å². The molecule has 226 valence electrons. The molecule has 0 bridgehead atoms. The summed E-state index contributed by atoms with van der Waals surface area (Å²) in [7, 11) is 0. The summed E-state index contributed by atoms with van der Waals surface area (Å²) in [4.78, 5) is 22.1. The molecule has 1 atom stereocenters. The Labute approximate surface area is 253 Å². The smallest absolute Gasteiger partial charge is 0.416 e. The Morgan fingerprint density at radius 2 is 1.70 bits per heavy atom. The molecule has 2 aromatic heterocycles. The van der Waals surface area contributed by atoms with Crippen molar-refractivity contribution in [1.82, 2.24) is 19.9 Å². The fourth-order valence-corrected chi connectivity index (χ4v) is 5.14. The van der Waals surface area contributed by atoms with Crippen LogP contribution in [0.4, 0.5) is 36.6 Å². The summed E-state index contributed by atoms with van der Waals surface area (Å²) in [6, 6.07) is 16.7. The van der Waals surface area contributed by atoms with E-state index in [9.17, 15) is 13.2 Å². The summed E-state index contributed by atoms with van der Waals surface area (Å²) in [5.41, 5.74) is 1.13. The maximum absolute atomic E-state index is 13.6. The van der Waals surface area contributed by atoms with E-state index in [1.54, 1.807) is 18.3 Å². The van der Waals surface area contributed by atoms with Crippen LogP contribution in [0.25, 0.3) is 0 Å². The highest BCUT2D eigenvalue weighted by atomic mass is 35.5. The summed E-state index contributed by atoms with van der Waals surface area (Å²) in [5.74, 6) is 1.27. The van der Waals surface area contributed by atoms with Gasteiger partial charge in [-0.2, -0.15) is 28.1 Å². The molecule has 2 aromatic carbocycles. The lowest BCUT2D eigenvalue weighted by molar-refractivity contribution is -0.138. The van der Waals surface area contributed by atoms with Crippen LogP contribution in [0.5, 0.6) is 6.01 Å². The third-order valence-electron chi connectivity index (χ3n) is 7.21. The minimum absolute atomic E-state index is 0.00956. The Hall–Kier alpha value is -4.12. The van der Waals surface area contributed by atoms with Crippen molar-refractivity contribution in [2.75, 3.05) is 34.8 Å². The van der Waals surface area contributed by atoms with Crippen molar-refractivity contribution in [3.8, 4) is 6.01 Å². The Morgan fingerprint density at radius 1 is 0.953 bits per heavy atom. The van der Waals surface area contributed by atoms with Crippen LogP contribution in [0.3, 0.4) is 0 Å². The highest BCUT2D eigenvalue weighted by molar-refractivity contribution is 6.32. The summed E-state index contributed by atoms with van der Waals surface area (Å²) >= 11 is 6.39. The lowest BCUT2D eigenvalue weighted by Gasteiger charge is -2.40. The molecule has 1 aliphatic heterocycles. The molecule has 1 unspecified atom stereocenters. The van der Waals surface area contributed by atoms with Crippen LogP contribution in [-0.4, -0.2) is 45.6 Å². The fourth-order valence-electron chi connectivity index (χ4n) is 4.90. The number of halogens is 4. The van der Waals surface area contributed by atoms with Gasteiger partial charge in [-0.3, -0.25) is 0 Å². The molecule has 0 radical (unpaired) electrons. The summed E-state index contributed by atoms with van der Waals surface area (Å²) in [6.07, 6.45) is -2.81. The van der Waals surface area contributed by atoms with E-state index in [-0.39, 0.29) is 35.6 Å². The van der Waals surface area contributed by atoms with Crippen molar-refractivity contribution in [3.63, 3.8) is 0 Å². The molecule has 1 saturated heterocycles. The van der Waals surface area contributed by atoms with E-state index in [0.717, 1.165) is 11.8 Å². The number of aromatic nitrogens is 4. The first-order valence-electron chi connectivity index (χ1n) is 13.9. The van der Waals surface area contributed by atoms with Gasteiger partial charge in [0, 0.05) is 43.1 Å². The van der Waals surface area contributed by atoms with Gasteiger partial charge in [0.15, 0.2) is 0 Å². The normalized spacial score (nSPS) is 15.9. The van der Waals surface area contributed by atoms with Gasteiger partial charge in [-0.05, 0) is 48.2 Å². The Morgan fingerprint density at radius 3 is 2.37 bits per heavy atom. The van der Waals surface area contributed by atoms with Gasteiger partial charge in [0.1, 0.15) is 12.4 Å². The van der Waals surface area contributed by atoms with Crippen LogP contribution in [0, 0.1) is 0 Å². The summed E-state index contributed by atoms with van der Waals surface area (Å²) in [6.45, 7) is 9.85. The average molecular weight is 612 g/mol. The molecule has 5 rings (SSSR count). The molecule has 4 aromatic rings. The number of pyridine rings is 1. The molecule has 0 amide bonds. The third kappa shape index (κ3) is 7.27. The van der Waals surface area contributed by atoms with Crippen LogP contribution >= 0.6 is 11.6 Å². The van der Waals surface area contributed by atoms with E-state index >= 15 is 0 Å². The van der Waals surface area contributed by atoms with Gasteiger partial charge in [-0.25, -0.2) is 4.98 Å². The molecule has 1 fully saturated rings. The molecule has 3 heterocycles. The summed E-state index contributed by atoms with van der Waals surface area (Å²) < 4.78 is 46.5. The number of rotatable bonds is 7. The van der Waals surface area contributed by atoms with Gasteiger partial charge in [0.05, 0.1) is 10.6 Å². The number of benzene rings is 2. The minimum Gasteiger partial charge on any atom is -0.458 e. The van der Waals surface area contributed by atoms with E-state index in [2.05, 4.69) is 50.9 Å². The van der Waals surface area contributed by atoms with Gasteiger partial charge < -0.3 is 19.9 Å². The van der Waals surface area contributed by atoms with Gasteiger partial charge >= 0.3 is 12.2 Å². The van der Waals surface area contributed by atoms with Crippen molar-refractivity contribution in [2.24, 2.45) is 0 Å². The second kappa shape index (κ2) is 12.2. The first kappa shape index (κ1) is 30.3. The molecule has 0 saturated carbocycles. The lowest BCUT2D eigenvalue weighted by atomic mass is 9.87. The molecule has 1 N–H and O–H groups in total. The largest absolute Gasteiger partial charge is 0.458 e. The highest BCUT2D eigenvalue weighted by Gasteiger charge is 2.33. The van der Waals surface area contributed by atoms with Crippen molar-refractivity contribution < 1.29 is 17.9 Å². The third-order valence-corrected chi connectivity index (χ3v) is 7.51. The van der Waals surface area contributed by atoms with Crippen LogP contribution < -0.4 is 19.9 Å². The molecule has 12 heteroatoms. The standard InChI is InChI=1S/C31H33ClF3N7O/c1-20-18-41(26-25(32)10-7-15-36-26)16-17-42(20)28-38-27(37-23-13-11-22(12-14-23)30(2,3)4)39-29(40-28)43-19-21-8-5-6-9-24(21)31(33,34)35/h5-15,20H,16-19H2,1-4H3,(H,37,38,39,40). The molecule has 1 aliphatic rings. The van der Waals surface area contributed by atoms with Crippen molar-refractivity contribution in [2.45, 2.75) is 51.9 Å². The van der Waals surface area contributed by atoms with Crippen molar-refractivity contribution >= 4 is 35.0 Å². The van der Waals surface area contributed by atoms with E-state index < -0.39 is 11.7 Å². The Balaban J connectivity index is 1.42.